The van der Waals surface area contributed by atoms with Crippen LogP contribution in [0.2, 0.25) is 0 Å². The number of likely N-dealkylation sites (N-methyl/N-ethyl adjacent to an activating group) is 1. The number of unbranched alkanes of at least 4 members (excludes halogenated alkanes) is 15. The van der Waals surface area contributed by atoms with Gasteiger partial charge in [0, 0.05) is 20.3 Å². The van der Waals surface area contributed by atoms with Crippen molar-refractivity contribution in [1.82, 2.24) is 5.32 Å². The molecule has 0 aromatic heterocycles. The molecule has 0 aromatic rings. The van der Waals surface area contributed by atoms with Gasteiger partial charge in [0.1, 0.15) is 6.54 Å². The van der Waals surface area contributed by atoms with E-state index < -0.39 is 0 Å². The largest absolute Gasteiger partial charge is 0.307 e. The zero-order valence-electron chi connectivity index (χ0n) is 23.4. The summed E-state index contributed by atoms with van der Waals surface area (Å²) < 4.78 is 0.849. The van der Waals surface area contributed by atoms with E-state index in [9.17, 15) is 4.79 Å². The SMILES string of the molecule is CCCCCCCCCCCCC/C=C/CCCCCCC1=NCC[N+]1(CC)C(C)NC(C)=O. The van der Waals surface area contributed by atoms with Crippen molar-refractivity contribution >= 4 is 11.7 Å². The minimum Gasteiger partial charge on any atom is -0.307 e. The Labute approximate surface area is 212 Å². The number of allylic oxidation sites excluding steroid dienone is 2. The molecule has 34 heavy (non-hydrogen) atoms. The lowest BCUT2D eigenvalue weighted by Gasteiger charge is -2.39. The maximum absolute atomic E-state index is 11.6. The number of nitrogens with zero attached hydrogens (tertiary/aromatic N) is 2. The first-order valence-electron chi connectivity index (χ1n) is 14.9. The quantitative estimate of drug-likeness (QED) is 0.0952. The van der Waals surface area contributed by atoms with E-state index >= 15 is 0 Å². The smallest absolute Gasteiger partial charge is 0.221 e. The molecule has 1 amide bonds. The van der Waals surface area contributed by atoms with Crippen molar-refractivity contribution in [2.75, 3.05) is 19.6 Å². The standard InChI is InChI=1S/C30H57N3O/c1-5-7-8-9-10-11-12-13-14-15-16-17-18-19-20-21-22-23-24-25-30-31-26-27-33(30,6-2)28(3)32-29(4)34/h18-19,28H,5-17,20-27H2,1-4H3/p+1/b19-18+. The number of amides is 1. The summed E-state index contributed by atoms with van der Waals surface area (Å²) in [6.07, 6.45) is 29.3. The van der Waals surface area contributed by atoms with E-state index in [1.807, 2.05) is 0 Å². The zero-order valence-corrected chi connectivity index (χ0v) is 23.4. The Morgan fingerprint density at radius 3 is 1.85 bits per heavy atom. The van der Waals surface area contributed by atoms with E-state index in [0.717, 1.165) is 30.5 Å². The summed E-state index contributed by atoms with van der Waals surface area (Å²) in [7, 11) is 0. The fraction of sp³-hybridized carbons (Fsp3) is 0.867. The second-order valence-electron chi connectivity index (χ2n) is 10.5. The maximum Gasteiger partial charge on any atom is 0.221 e. The van der Waals surface area contributed by atoms with Crippen molar-refractivity contribution in [3.05, 3.63) is 12.2 Å². The molecule has 0 aromatic carbocycles. The van der Waals surface area contributed by atoms with Gasteiger partial charge < -0.3 is 5.32 Å². The Bertz CT molecular complexity index is 571. The molecule has 2 unspecified atom stereocenters. The first-order chi connectivity index (χ1) is 16.6. The van der Waals surface area contributed by atoms with Crippen LogP contribution in [-0.4, -0.2) is 42.0 Å². The van der Waals surface area contributed by atoms with Crippen LogP contribution in [0.4, 0.5) is 0 Å². The fourth-order valence-corrected chi connectivity index (χ4v) is 5.44. The molecule has 1 heterocycles. The van der Waals surface area contributed by atoms with Crippen molar-refractivity contribution in [2.24, 2.45) is 4.99 Å². The lowest BCUT2D eigenvalue weighted by Crippen LogP contribution is -2.62. The molecule has 0 spiro atoms. The Kier molecular flexibility index (Phi) is 18.2. The number of hydrogen-bond donors (Lipinski definition) is 1. The number of carbonyl (C=O) groups is 1. The fourth-order valence-electron chi connectivity index (χ4n) is 5.44. The minimum atomic E-state index is 0.0567. The lowest BCUT2D eigenvalue weighted by atomic mass is 10.0. The molecular weight excluding hydrogens is 418 g/mol. The van der Waals surface area contributed by atoms with Crippen LogP contribution < -0.4 is 5.32 Å². The highest BCUT2D eigenvalue weighted by Gasteiger charge is 2.41. The van der Waals surface area contributed by atoms with Crippen LogP contribution >= 0.6 is 0 Å². The van der Waals surface area contributed by atoms with Crippen LogP contribution in [-0.2, 0) is 4.79 Å². The zero-order chi connectivity index (χ0) is 24.9. The van der Waals surface area contributed by atoms with E-state index in [0.29, 0.717) is 0 Å². The van der Waals surface area contributed by atoms with E-state index in [1.165, 1.54) is 115 Å². The predicted molar refractivity (Wildman–Crippen MR) is 149 cm³/mol. The highest BCUT2D eigenvalue weighted by molar-refractivity contribution is 5.78. The molecule has 0 aliphatic carbocycles. The van der Waals surface area contributed by atoms with E-state index in [-0.39, 0.29) is 12.1 Å². The summed E-state index contributed by atoms with van der Waals surface area (Å²) in [5, 5.41) is 3.11. The van der Waals surface area contributed by atoms with Crippen LogP contribution in [0.15, 0.2) is 17.1 Å². The minimum absolute atomic E-state index is 0.0567. The molecule has 0 fully saturated rings. The summed E-state index contributed by atoms with van der Waals surface area (Å²) in [6, 6.07) is 0. The van der Waals surface area contributed by atoms with Crippen LogP contribution in [0.1, 0.15) is 143 Å². The average Bonchev–Trinajstić information content (AvgIpc) is 3.24. The van der Waals surface area contributed by atoms with Crippen LogP contribution in [0.25, 0.3) is 0 Å². The number of hydrogen-bond acceptors (Lipinski definition) is 2. The second-order valence-corrected chi connectivity index (χ2v) is 10.5. The van der Waals surface area contributed by atoms with Gasteiger partial charge in [-0.1, -0.05) is 96.1 Å². The van der Waals surface area contributed by atoms with Gasteiger partial charge in [0.15, 0.2) is 12.0 Å². The molecular formula is C30H58N3O+. The molecule has 0 bridgehead atoms. The molecule has 1 N–H and O–H groups in total. The van der Waals surface area contributed by atoms with Gasteiger partial charge in [-0.2, -0.15) is 0 Å². The molecule has 1 rings (SSSR count). The van der Waals surface area contributed by atoms with E-state index in [1.54, 1.807) is 6.92 Å². The maximum atomic E-state index is 11.6. The van der Waals surface area contributed by atoms with Crippen molar-refractivity contribution in [2.45, 2.75) is 149 Å². The summed E-state index contributed by atoms with van der Waals surface area (Å²) in [4.78, 5) is 16.4. The van der Waals surface area contributed by atoms with E-state index in [4.69, 9.17) is 4.99 Å². The van der Waals surface area contributed by atoms with Gasteiger partial charge in [0.25, 0.3) is 0 Å². The summed E-state index contributed by atoms with van der Waals surface area (Å²) in [6.45, 7) is 11.2. The Hall–Kier alpha value is -1.16. The van der Waals surface area contributed by atoms with Crippen molar-refractivity contribution in [3.8, 4) is 0 Å². The number of nitrogens with one attached hydrogen (secondary N) is 1. The molecule has 1 aliphatic rings. The Balaban J connectivity index is 1.97. The number of carbonyl (C=O) groups excluding carboxylic acids is 1. The molecule has 4 nitrogen and oxygen atoms in total. The Morgan fingerprint density at radius 1 is 0.853 bits per heavy atom. The van der Waals surface area contributed by atoms with Gasteiger partial charge in [0.2, 0.25) is 5.91 Å². The topological polar surface area (TPSA) is 41.5 Å². The first-order valence-corrected chi connectivity index (χ1v) is 14.9. The van der Waals surface area contributed by atoms with Gasteiger partial charge in [-0.05, 0) is 39.0 Å². The third-order valence-electron chi connectivity index (χ3n) is 7.69. The molecule has 0 saturated carbocycles. The van der Waals surface area contributed by atoms with Gasteiger partial charge in [0.05, 0.1) is 13.1 Å². The lowest BCUT2D eigenvalue weighted by molar-refractivity contribution is -0.861. The molecule has 1 aliphatic heterocycles. The molecule has 0 saturated heterocycles. The van der Waals surface area contributed by atoms with Gasteiger partial charge >= 0.3 is 0 Å². The molecule has 198 valence electrons. The highest BCUT2D eigenvalue weighted by Crippen LogP contribution is 2.23. The molecule has 0 radical (unpaired) electrons. The number of rotatable bonds is 22. The average molecular weight is 477 g/mol. The number of quaternary nitrogens is 1. The third-order valence-corrected chi connectivity index (χ3v) is 7.69. The highest BCUT2D eigenvalue weighted by atomic mass is 16.1. The van der Waals surface area contributed by atoms with Crippen molar-refractivity contribution in [1.29, 1.82) is 0 Å². The number of amidine groups is 1. The second kappa shape index (κ2) is 20.1. The van der Waals surface area contributed by atoms with Crippen molar-refractivity contribution < 1.29 is 9.28 Å². The first kappa shape index (κ1) is 30.9. The monoisotopic (exact) mass is 476 g/mol. The van der Waals surface area contributed by atoms with E-state index in [2.05, 4.69) is 38.2 Å². The number of aliphatic imine (C=N–C) groups is 1. The summed E-state index contributed by atoms with van der Waals surface area (Å²) in [5.41, 5.74) is 0. The van der Waals surface area contributed by atoms with Crippen LogP contribution in [0, 0.1) is 0 Å². The normalized spacial score (nSPS) is 19.0. The van der Waals surface area contributed by atoms with Crippen LogP contribution in [0.5, 0.6) is 0 Å². The van der Waals surface area contributed by atoms with Gasteiger partial charge in [-0.3, -0.25) is 9.28 Å². The van der Waals surface area contributed by atoms with Gasteiger partial charge in [-0.25, -0.2) is 4.99 Å². The third kappa shape index (κ3) is 13.1. The molecule has 2 atom stereocenters. The van der Waals surface area contributed by atoms with Crippen LogP contribution in [0.3, 0.4) is 0 Å². The van der Waals surface area contributed by atoms with Crippen molar-refractivity contribution in [3.63, 3.8) is 0 Å². The summed E-state index contributed by atoms with van der Waals surface area (Å²) in [5.74, 6) is 1.36. The Morgan fingerprint density at radius 2 is 1.35 bits per heavy atom. The molecule has 4 heteroatoms. The predicted octanol–water partition coefficient (Wildman–Crippen LogP) is 8.32. The van der Waals surface area contributed by atoms with Gasteiger partial charge in [-0.15, -0.1) is 0 Å². The summed E-state index contributed by atoms with van der Waals surface area (Å²) >= 11 is 0.